The second kappa shape index (κ2) is 4.95. The number of hydrogen-bond donors (Lipinski definition) is 1. The van der Waals surface area contributed by atoms with E-state index in [9.17, 15) is 0 Å². The summed E-state index contributed by atoms with van der Waals surface area (Å²) < 4.78 is 0. The van der Waals surface area contributed by atoms with Gasteiger partial charge in [0.25, 0.3) is 0 Å². The summed E-state index contributed by atoms with van der Waals surface area (Å²) in [5, 5.41) is 3.38. The molecule has 1 atom stereocenters. The molecule has 0 aliphatic heterocycles. The number of rotatable bonds is 3. The topological polar surface area (TPSA) is 12.0 Å². The van der Waals surface area contributed by atoms with Gasteiger partial charge in [-0.15, -0.1) is 0 Å². The second-order valence-corrected chi connectivity index (χ2v) is 3.99. The molecule has 2 rings (SSSR count). The van der Waals surface area contributed by atoms with E-state index in [-0.39, 0.29) is 6.04 Å². The normalized spacial score (nSPS) is 12.4. The van der Waals surface area contributed by atoms with E-state index in [0.29, 0.717) is 0 Å². The zero-order chi connectivity index (χ0) is 11.4. The third-order valence-electron chi connectivity index (χ3n) is 2.92. The predicted molar refractivity (Wildman–Crippen MR) is 68.5 cm³/mol. The van der Waals surface area contributed by atoms with Gasteiger partial charge >= 0.3 is 0 Å². The predicted octanol–water partition coefficient (Wildman–Crippen LogP) is 3.30. The summed E-state index contributed by atoms with van der Waals surface area (Å²) in [5.74, 6) is 0. The SMILES string of the molecule is CN[C@@H](c1ccccc1)c1ccccc1C. The molecule has 0 unspecified atom stereocenters. The molecule has 0 aliphatic rings. The molecule has 0 heterocycles. The molecular formula is C15H17N. The summed E-state index contributed by atoms with van der Waals surface area (Å²) in [5.41, 5.74) is 3.97. The fraction of sp³-hybridized carbons (Fsp3) is 0.200. The van der Waals surface area contributed by atoms with Crippen LogP contribution in [-0.2, 0) is 0 Å². The molecule has 0 radical (unpaired) electrons. The van der Waals surface area contributed by atoms with Crippen LogP contribution in [0.2, 0.25) is 0 Å². The third kappa shape index (κ3) is 2.15. The lowest BCUT2D eigenvalue weighted by molar-refractivity contribution is 0.687. The average molecular weight is 211 g/mol. The van der Waals surface area contributed by atoms with Crippen molar-refractivity contribution in [2.45, 2.75) is 13.0 Å². The summed E-state index contributed by atoms with van der Waals surface area (Å²) >= 11 is 0. The molecule has 16 heavy (non-hydrogen) atoms. The molecule has 0 saturated carbocycles. The van der Waals surface area contributed by atoms with Crippen LogP contribution in [0.4, 0.5) is 0 Å². The minimum absolute atomic E-state index is 0.280. The summed E-state index contributed by atoms with van der Waals surface area (Å²) in [6, 6.07) is 19.3. The Hall–Kier alpha value is -1.60. The Balaban J connectivity index is 2.41. The number of hydrogen-bond acceptors (Lipinski definition) is 1. The Kier molecular flexibility index (Phi) is 3.37. The standard InChI is InChI=1S/C15H17N/c1-12-8-6-7-11-14(12)15(16-2)13-9-4-3-5-10-13/h3-11,15-16H,1-2H3/t15-/m0/s1. The van der Waals surface area contributed by atoms with Gasteiger partial charge in [0, 0.05) is 0 Å². The van der Waals surface area contributed by atoms with Crippen molar-refractivity contribution in [2.75, 3.05) is 7.05 Å². The molecule has 1 heteroatoms. The smallest absolute Gasteiger partial charge is 0.0576 e. The quantitative estimate of drug-likeness (QED) is 0.821. The fourth-order valence-electron chi connectivity index (χ4n) is 2.06. The van der Waals surface area contributed by atoms with Crippen LogP contribution < -0.4 is 5.32 Å². The number of benzene rings is 2. The van der Waals surface area contributed by atoms with Crippen LogP contribution in [0.25, 0.3) is 0 Å². The lowest BCUT2D eigenvalue weighted by atomic mass is 9.95. The summed E-state index contributed by atoms with van der Waals surface area (Å²) in [6.45, 7) is 2.16. The fourth-order valence-corrected chi connectivity index (χ4v) is 2.06. The Labute approximate surface area is 97.1 Å². The maximum atomic E-state index is 3.38. The Morgan fingerprint density at radius 1 is 0.875 bits per heavy atom. The van der Waals surface area contributed by atoms with Crippen LogP contribution in [-0.4, -0.2) is 7.05 Å². The van der Waals surface area contributed by atoms with Crippen molar-refractivity contribution >= 4 is 0 Å². The highest BCUT2D eigenvalue weighted by molar-refractivity contribution is 5.36. The van der Waals surface area contributed by atoms with Gasteiger partial charge in [-0.25, -0.2) is 0 Å². The summed E-state index contributed by atoms with van der Waals surface area (Å²) in [7, 11) is 2.00. The Bertz CT molecular complexity index is 448. The van der Waals surface area contributed by atoms with Gasteiger partial charge in [0.2, 0.25) is 0 Å². The second-order valence-electron chi connectivity index (χ2n) is 3.99. The van der Waals surface area contributed by atoms with Crippen LogP contribution in [0.1, 0.15) is 22.7 Å². The maximum absolute atomic E-state index is 3.38. The van der Waals surface area contributed by atoms with E-state index in [1.165, 1.54) is 16.7 Å². The van der Waals surface area contributed by atoms with Gasteiger partial charge in [-0.05, 0) is 30.7 Å². The average Bonchev–Trinajstić information content (AvgIpc) is 2.34. The summed E-state index contributed by atoms with van der Waals surface area (Å²) in [6.07, 6.45) is 0. The van der Waals surface area contributed by atoms with Crippen molar-refractivity contribution < 1.29 is 0 Å². The lowest BCUT2D eigenvalue weighted by Gasteiger charge is -2.19. The van der Waals surface area contributed by atoms with Crippen molar-refractivity contribution in [3.8, 4) is 0 Å². The minimum atomic E-state index is 0.280. The van der Waals surface area contributed by atoms with E-state index in [2.05, 4.69) is 60.8 Å². The van der Waals surface area contributed by atoms with E-state index in [4.69, 9.17) is 0 Å². The molecule has 2 aromatic rings. The van der Waals surface area contributed by atoms with Gasteiger partial charge in [0.05, 0.1) is 6.04 Å². The van der Waals surface area contributed by atoms with Crippen molar-refractivity contribution in [3.05, 3.63) is 71.3 Å². The van der Waals surface area contributed by atoms with Gasteiger partial charge in [-0.2, -0.15) is 0 Å². The van der Waals surface area contributed by atoms with E-state index in [1.54, 1.807) is 0 Å². The number of nitrogens with one attached hydrogen (secondary N) is 1. The largest absolute Gasteiger partial charge is 0.309 e. The molecule has 0 bridgehead atoms. The molecule has 0 aliphatic carbocycles. The molecule has 0 spiro atoms. The molecule has 1 nitrogen and oxygen atoms in total. The summed E-state index contributed by atoms with van der Waals surface area (Å²) in [4.78, 5) is 0. The van der Waals surface area contributed by atoms with E-state index >= 15 is 0 Å². The third-order valence-corrected chi connectivity index (χ3v) is 2.92. The van der Waals surface area contributed by atoms with Crippen LogP contribution in [0.3, 0.4) is 0 Å². The first-order valence-electron chi connectivity index (χ1n) is 5.60. The van der Waals surface area contributed by atoms with E-state index in [1.807, 2.05) is 13.1 Å². The molecule has 2 aromatic carbocycles. The highest BCUT2D eigenvalue weighted by Gasteiger charge is 2.12. The molecule has 0 aromatic heterocycles. The Morgan fingerprint density at radius 2 is 1.50 bits per heavy atom. The first-order chi connectivity index (χ1) is 7.83. The number of aryl methyl sites for hydroxylation is 1. The van der Waals surface area contributed by atoms with Crippen molar-refractivity contribution in [3.63, 3.8) is 0 Å². The maximum Gasteiger partial charge on any atom is 0.0576 e. The Morgan fingerprint density at radius 3 is 2.12 bits per heavy atom. The van der Waals surface area contributed by atoms with E-state index in [0.717, 1.165) is 0 Å². The molecule has 0 amide bonds. The van der Waals surface area contributed by atoms with Crippen molar-refractivity contribution in [1.29, 1.82) is 0 Å². The monoisotopic (exact) mass is 211 g/mol. The molecular weight excluding hydrogens is 194 g/mol. The highest BCUT2D eigenvalue weighted by atomic mass is 14.9. The minimum Gasteiger partial charge on any atom is -0.309 e. The van der Waals surface area contributed by atoms with Crippen LogP contribution in [0.15, 0.2) is 54.6 Å². The van der Waals surface area contributed by atoms with E-state index < -0.39 is 0 Å². The van der Waals surface area contributed by atoms with Crippen LogP contribution in [0, 0.1) is 6.92 Å². The van der Waals surface area contributed by atoms with Gasteiger partial charge in [-0.3, -0.25) is 0 Å². The zero-order valence-electron chi connectivity index (χ0n) is 9.77. The van der Waals surface area contributed by atoms with Gasteiger partial charge in [-0.1, -0.05) is 54.6 Å². The molecule has 0 saturated heterocycles. The van der Waals surface area contributed by atoms with Crippen molar-refractivity contribution in [1.82, 2.24) is 5.32 Å². The molecule has 0 fully saturated rings. The first-order valence-corrected chi connectivity index (χ1v) is 5.60. The van der Waals surface area contributed by atoms with Gasteiger partial charge < -0.3 is 5.32 Å². The zero-order valence-corrected chi connectivity index (χ0v) is 9.77. The molecule has 1 N–H and O–H groups in total. The van der Waals surface area contributed by atoms with Crippen LogP contribution in [0.5, 0.6) is 0 Å². The first kappa shape index (κ1) is 10.9. The van der Waals surface area contributed by atoms with Crippen LogP contribution >= 0.6 is 0 Å². The highest BCUT2D eigenvalue weighted by Crippen LogP contribution is 2.23. The van der Waals surface area contributed by atoms with Gasteiger partial charge in [0.1, 0.15) is 0 Å². The lowest BCUT2D eigenvalue weighted by Crippen LogP contribution is -2.18. The van der Waals surface area contributed by atoms with Crippen molar-refractivity contribution in [2.24, 2.45) is 0 Å². The molecule has 82 valence electrons. The van der Waals surface area contributed by atoms with Gasteiger partial charge in [0.15, 0.2) is 0 Å².